The van der Waals surface area contributed by atoms with Gasteiger partial charge in [-0.25, -0.2) is 18.4 Å². The number of sulfonamides is 1. The molecule has 0 spiro atoms. The molecule has 2 atom stereocenters. The predicted octanol–water partition coefficient (Wildman–Crippen LogP) is 1.14. The molecular weight excluding hydrogens is 574 g/mol. The lowest BCUT2D eigenvalue weighted by atomic mass is 10.0. The molecular formula is C26H26ClN7O6S. The lowest BCUT2D eigenvalue weighted by Gasteiger charge is -2.45. The maximum Gasteiger partial charge on any atom is 0.257 e. The fourth-order valence-corrected chi connectivity index (χ4v) is 5.91. The molecule has 15 heteroatoms. The third-order valence-electron chi connectivity index (χ3n) is 6.33. The summed E-state index contributed by atoms with van der Waals surface area (Å²) in [4.78, 5) is 51.3. The number of rotatable bonds is 9. The summed E-state index contributed by atoms with van der Waals surface area (Å²) in [6, 6.07) is 5.54. The van der Waals surface area contributed by atoms with Crippen molar-refractivity contribution in [1.82, 2.24) is 24.2 Å². The number of benzene rings is 1. The molecule has 0 saturated carbocycles. The molecule has 1 aromatic carbocycles. The number of hydrogen-bond donors (Lipinski definition) is 3. The van der Waals surface area contributed by atoms with Crippen LogP contribution >= 0.6 is 11.6 Å². The van der Waals surface area contributed by atoms with Crippen LogP contribution in [0.15, 0.2) is 60.5 Å². The Kier molecular flexibility index (Phi) is 8.95. The average Bonchev–Trinajstić information content (AvgIpc) is 2.92. The van der Waals surface area contributed by atoms with E-state index in [1.54, 1.807) is 24.5 Å². The number of primary amides is 2. The lowest BCUT2D eigenvalue weighted by molar-refractivity contribution is -0.120. The van der Waals surface area contributed by atoms with E-state index in [0.717, 1.165) is 9.71 Å². The van der Waals surface area contributed by atoms with Gasteiger partial charge in [-0.2, -0.15) is 4.31 Å². The van der Waals surface area contributed by atoms with Gasteiger partial charge in [0, 0.05) is 72.3 Å². The van der Waals surface area contributed by atoms with Crippen LogP contribution < -0.4 is 11.5 Å². The number of hydrogen-bond acceptors (Lipinski definition) is 9. The van der Waals surface area contributed by atoms with Crippen LogP contribution in [0.2, 0.25) is 5.02 Å². The van der Waals surface area contributed by atoms with Gasteiger partial charge in [-0.15, -0.1) is 0 Å². The second-order valence-electron chi connectivity index (χ2n) is 9.26. The van der Waals surface area contributed by atoms with Crippen molar-refractivity contribution < 1.29 is 27.9 Å². The molecule has 3 aromatic rings. The van der Waals surface area contributed by atoms with Gasteiger partial charge in [0.1, 0.15) is 5.75 Å². The van der Waals surface area contributed by atoms with Crippen LogP contribution in [-0.4, -0.2) is 80.6 Å². The fourth-order valence-electron chi connectivity index (χ4n) is 4.49. The van der Waals surface area contributed by atoms with Crippen LogP contribution in [0.5, 0.6) is 5.75 Å². The Morgan fingerprint density at radius 3 is 2.12 bits per heavy atom. The summed E-state index contributed by atoms with van der Waals surface area (Å²) in [5, 5.41) is 11.2. The molecule has 0 radical (unpaired) electrons. The van der Waals surface area contributed by atoms with Crippen molar-refractivity contribution in [3.05, 3.63) is 76.7 Å². The van der Waals surface area contributed by atoms with E-state index < -0.39 is 39.8 Å². The van der Waals surface area contributed by atoms with E-state index in [4.69, 9.17) is 23.1 Å². The number of carbonyl (C=O) groups excluding carboxylic acids is 3. The number of aromatic hydroxyl groups is 1. The van der Waals surface area contributed by atoms with Crippen molar-refractivity contribution in [2.24, 2.45) is 11.5 Å². The molecule has 2 unspecified atom stereocenters. The summed E-state index contributed by atoms with van der Waals surface area (Å²) in [6.45, 7) is -0.585. The largest absolute Gasteiger partial charge is 0.507 e. The van der Waals surface area contributed by atoms with Gasteiger partial charge in [-0.1, -0.05) is 11.6 Å². The standard InChI is InChI=1S/C26H26ClN7O6S/c27-19-2-1-16(22(35)9-19)5-8-41(39,40)33-14-20(10-23(28)36)34(21(15-33)11-24(29)37)26(38)18-12-31-25(32-13-18)17-3-6-30-7-4-17/h1-9,12-13,20-21,35H,10-11,14-15H2,(H2,28,36)(H2,29,37)/b8-5+. The Morgan fingerprint density at radius 2 is 1.59 bits per heavy atom. The summed E-state index contributed by atoms with van der Waals surface area (Å²) in [6.07, 6.45) is 6.17. The maximum absolute atomic E-state index is 13.7. The van der Waals surface area contributed by atoms with Gasteiger partial charge in [0.2, 0.25) is 21.8 Å². The van der Waals surface area contributed by atoms with Crippen LogP contribution in [-0.2, 0) is 19.6 Å². The molecule has 3 heterocycles. The summed E-state index contributed by atoms with van der Waals surface area (Å²) < 4.78 is 27.6. The first-order chi connectivity index (χ1) is 19.4. The number of nitrogens with two attached hydrogens (primary N) is 2. The van der Waals surface area contributed by atoms with Crippen molar-refractivity contribution in [3.63, 3.8) is 0 Å². The minimum absolute atomic E-state index is 0.0566. The molecule has 5 N–H and O–H groups in total. The molecule has 1 aliphatic heterocycles. The Hall–Kier alpha value is -4.40. The minimum atomic E-state index is -4.16. The van der Waals surface area contributed by atoms with E-state index >= 15 is 0 Å². The molecule has 1 aliphatic rings. The predicted molar refractivity (Wildman–Crippen MR) is 149 cm³/mol. The van der Waals surface area contributed by atoms with E-state index in [1.165, 1.54) is 41.6 Å². The van der Waals surface area contributed by atoms with E-state index in [2.05, 4.69) is 15.0 Å². The van der Waals surface area contributed by atoms with Crippen LogP contribution in [0.3, 0.4) is 0 Å². The summed E-state index contributed by atoms with van der Waals surface area (Å²) in [7, 11) is -4.16. The van der Waals surface area contributed by atoms with Crippen LogP contribution in [0.25, 0.3) is 17.5 Å². The van der Waals surface area contributed by atoms with Gasteiger partial charge < -0.3 is 21.5 Å². The molecule has 1 saturated heterocycles. The van der Waals surface area contributed by atoms with Gasteiger partial charge >= 0.3 is 0 Å². The second-order valence-corrected chi connectivity index (χ2v) is 11.5. The van der Waals surface area contributed by atoms with Crippen molar-refractivity contribution in [2.75, 3.05) is 13.1 Å². The number of halogens is 1. The Morgan fingerprint density at radius 1 is 1.00 bits per heavy atom. The van der Waals surface area contributed by atoms with Crippen molar-refractivity contribution >= 4 is 45.4 Å². The van der Waals surface area contributed by atoms with Crippen LogP contribution in [0.1, 0.15) is 28.8 Å². The van der Waals surface area contributed by atoms with Gasteiger partial charge in [0.05, 0.1) is 17.6 Å². The number of carbonyl (C=O) groups is 3. The number of pyridine rings is 1. The molecule has 3 amide bonds. The molecule has 0 bridgehead atoms. The average molecular weight is 600 g/mol. The number of phenols is 1. The highest BCUT2D eigenvalue weighted by Gasteiger charge is 2.42. The number of aromatic nitrogens is 3. The number of amides is 3. The van der Waals surface area contributed by atoms with Crippen LogP contribution in [0.4, 0.5) is 0 Å². The Labute approximate surface area is 240 Å². The zero-order chi connectivity index (χ0) is 29.7. The summed E-state index contributed by atoms with van der Waals surface area (Å²) in [5.74, 6) is -2.07. The molecule has 1 fully saturated rings. The Bertz CT molecular complexity index is 1560. The van der Waals surface area contributed by atoms with Crippen LogP contribution in [0, 0.1) is 0 Å². The highest BCUT2D eigenvalue weighted by Crippen LogP contribution is 2.28. The Balaban J connectivity index is 1.64. The molecule has 214 valence electrons. The quantitative estimate of drug-likeness (QED) is 0.322. The third kappa shape index (κ3) is 7.22. The molecule has 4 rings (SSSR count). The van der Waals surface area contributed by atoms with E-state index in [1.807, 2.05) is 0 Å². The summed E-state index contributed by atoms with van der Waals surface area (Å²) in [5.41, 5.74) is 11.8. The lowest BCUT2D eigenvalue weighted by Crippen LogP contribution is -2.62. The van der Waals surface area contributed by atoms with Gasteiger partial charge in [0.15, 0.2) is 5.82 Å². The molecule has 13 nitrogen and oxygen atoms in total. The van der Waals surface area contributed by atoms with Crippen molar-refractivity contribution in [3.8, 4) is 17.1 Å². The maximum atomic E-state index is 13.7. The second kappa shape index (κ2) is 12.4. The van der Waals surface area contributed by atoms with E-state index in [9.17, 15) is 27.9 Å². The third-order valence-corrected chi connectivity index (χ3v) is 8.07. The van der Waals surface area contributed by atoms with Gasteiger partial charge in [-0.05, 0) is 36.4 Å². The first-order valence-electron chi connectivity index (χ1n) is 12.2. The highest BCUT2D eigenvalue weighted by atomic mass is 35.5. The van der Waals surface area contributed by atoms with E-state index in [-0.39, 0.29) is 47.8 Å². The summed E-state index contributed by atoms with van der Waals surface area (Å²) >= 11 is 5.83. The first kappa shape index (κ1) is 29.6. The molecule has 41 heavy (non-hydrogen) atoms. The number of piperazine rings is 1. The van der Waals surface area contributed by atoms with Gasteiger partial charge in [0.25, 0.3) is 5.91 Å². The molecule has 2 aromatic heterocycles. The first-order valence-corrected chi connectivity index (χ1v) is 14.1. The zero-order valence-corrected chi connectivity index (χ0v) is 23.1. The topological polar surface area (TPSA) is 203 Å². The smallest absolute Gasteiger partial charge is 0.257 e. The molecule has 0 aliphatic carbocycles. The number of phenolic OH excluding ortho intramolecular Hbond substituents is 1. The van der Waals surface area contributed by atoms with Gasteiger partial charge in [-0.3, -0.25) is 19.4 Å². The van der Waals surface area contributed by atoms with Crippen molar-refractivity contribution in [1.29, 1.82) is 0 Å². The SMILES string of the molecule is NC(=O)CC1CN(S(=O)(=O)/C=C/c2ccc(Cl)cc2O)CC(CC(N)=O)N1C(=O)c1cnc(-c2ccncc2)nc1. The fraction of sp³-hybridized carbons (Fsp3) is 0.231. The van der Waals surface area contributed by atoms with E-state index in [0.29, 0.717) is 11.4 Å². The normalized spacial score (nSPS) is 17.9. The monoisotopic (exact) mass is 599 g/mol. The zero-order valence-electron chi connectivity index (χ0n) is 21.5. The minimum Gasteiger partial charge on any atom is -0.507 e. The van der Waals surface area contributed by atoms with Crippen molar-refractivity contribution in [2.45, 2.75) is 24.9 Å². The highest BCUT2D eigenvalue weighted by molar-refractivity contribution is 7.92. The number of nitrogens with zero attached hydrogens (tertiary/aromatic N) is 5.